The summed E-state index contributed by atoms with van der Waals surface area (Å²) in [4.78, 5) is 7.69. The first-order valence-corrected chi connectivity index (χ1v) is 12.1. The van der Waals surface area contributed by atoms with Crippen molar-refractivity contribution >= 4 is 10.0 Å². The average Bonchev–Trinajstić information content (AvgIpc) is 2.69. The Hall–Kier alpha value is -1.76. The molecule has 6 heteroatoms. The summed E-state index contributed by atoms with van der Waals surface area (Å²) in [5.74, 6) is 0.736. The predicted molar refractivity (Wildman–Crippen MR) is 116 cm³/mol. The summed E-state index contributed by atoms with van der Waals surface area (Å²) in [6, 6.07) is 12.1. The van der Waals surface area contributed by atoms with Crippen molar-refractivity contribution in [2.75, 3.05) is 27.2 Å². The Balaban J connectivity index is 1.35. The fourth-order valence-electron chi connectivity index (χ4n) is 4.32. The molecule has 29 heavy (non-hydrogen) atoms. The lowest BCUT2D eigenvalue weighted by Gasteiger charge is -2.41. The molecule has 0 radical (unpaired) electrons. The molecule has 0 spiro atoms. The number of pyridine rings is 1. The molecule has 2 fully saturated rings. The van der Waals surface area contributed by atoms with Gasteiger partial charge in [0.05, 0.1) is 4.90 Å². The van der Waals surface area contributed by atoms with Crippen LogP contribution in [0.2, 0.25) is 0 Å². The lowest BCUT2D eigenvalue weighted by atomic mass is 9.86. The van der Waals surface area contributed by atoms with E-state index in [9.17, 15) is 8.42 Å². The minimum Gasteiger partial charge on any atom is -0.300 e. The van der Waals surface area contributed by atoms with Crippen LogP contribution in [0.5, 0.6) is 0 Å². The van der Waals surface area contributed by atoms with E-state index in [1.54, 1.807) is 26.2 Å². The second kappa shape index (κ2) is 8.54. The number of piperidine rings is 1. The molecule has 156 valence electrons. The van der Waals surface area contributed by atoms with Gasteiger partial charge >= 0.3 is 0 Å². The van der Waals surface area contributed by atoms with Crippen LogP contribution in [-0.2, 0) is 16.4 Å². The molecular formula is C23H31N3O2S. The van der Waals surface area contributed by atoms with E-state index in [0.717, 1.165) is 35.2 Å². The largest absolute Gasteiger partial charge is 0.300 e. The van der Waals surface area contributed by atoms with Crippen molar-refractivity contribution in [3.63, 3.8) is 0 Å². The molecule has 4 rings (SSSR count). The monoisotopic (exact) mass is 413 g/mol. The minimum atomic E-state index is -3.39. The van der Waals surface area contributed by atoms with Crippen molar-refractivity contribution in [1.29, 1.82) is 0 Å². The quantitative estimate of drug-likeness (QED) is 0.723. The molecule has 1 aromatic carbocycles. The third-order valence-corrected chi connectivity index (χ3v) is 8.36. The zero-order valence-corrected chi connectivity index (χ0v) is 18.2. The molecule has 0 bridgehead atoms. The lowest BCUT2D eigenvalue weighted by molar-refractivity contribution is 0.0845. The predicted octanol–water partition coefficient (Wildman–Crippen LogP) is 3.81. The first-order chi connectivity index (χ1) is 13.9. The molecule has 0 unspecified atom stereocenters. The number of hydrogen-bond donors (Lipinski definition) is 0. The number of nitrogens with zero attached hydrogens (tertiary/aromatic N) is 3. The highest BCUT2D eigenvalue weighted by atomic mass is 32.2. The maximum atomic E-state index is 12.2. The van der Waals surface area contributed by atoms with Crippen LogP contribution < -0.4 is 0 Å². The van der Waals surface area contributed by atoms with E-state index in [4.69, 9.17) is 0 Å². The molecule has 0 amide bonds. The highest BCUT2D eigenvalue weighted by Gasteiger charge is 2.28. The zero-order chi connectivity index (χ0) is 20.4. The number of likely N-dealkylation sites (tertiary alicyclic amines) is 1. The van der Waals surface area contributed by atoms with Crippen LogP contribution in [0.25, 0.3) is 11.1 Å². The van der Waals surface area contributed by atoms with Crippen LogP contribution in [0.4, 0.5) is 0 Å². The van der Waals surface area contributed by atoms with Gasteiger partial charge in [-0.05, 0) is 74.9 Å². The van der Waals surface area contributed by atoms with Gasteiger partial charge in [0.2, 0.25) is 10.0 Å². The van der Waals surface area contributed by atoms with Crippen molar-refractivity contribution in [3.05, 3.63) is 48.3 Å². The molecule has 2 aliphatic rings. The van der Waals surface area contributed by atoms with E-state index in [-0.39, 0.29) is 0 Å². The lowest BCUT2D eigenvalue weighted by Crippen LogP contribution is -2.45. The second-order valence-electron chi connectivity index (χ2n) is 8.62. The SMILES string of the molecule is CN(C)S(=O)(=O)c1ccc(-c2ccc(CC3CCN(C4CCC4)CC3)nc2)cc1. The van der Waals surface area contributed by atoms with E-state index >= 15 is 0 Å². The van der Waals surface area contributed by atoms with Crippen LogP contribution in [0.15, 0.2) is 47.5 Å². The minimum absolute atomic E-state index is 0.309. The Bertz CT molecular complexity index is 912. The average molecular weight is 414 g/mol. The van der Waals surface area contributed by atoms with Gasteiger partial charge in [-0.25, -0.2) is 12.7 Å². The van der Waals surface area contributed by atoms with Gasteiger partial charge in [0.15, 0.2) is 0 Å². The summed E-state index contributed by atoms with van der Waals surface area (Å²) in [6.07, 6.45) is 9.73. The maximum Gasteiger partial charge on any atom is 0.242 e. The summed E-state index contributed by atoms with van der Waals surface area (Å²) < 4.78 is 25.6. The molecular weight excluding hydrogens is 382 g/mol. The Kier molecular flexibility index (Phi) is 6.04. The van der Waals surface area contributed by atoms with E-state index in [0.29, 0.717) is 4.90 Å². The van der Waals surface area contributed by atoms with Crippen LogP contribution in [0, 0.1) is 5.92 Å². The first kappa shape index (κ1) is 20.5. The number of rotatable bonds is 6. The number of benzene rings is 1. The molecule has 1 saturated heterocycles. The van der Waals surface area contributed by atoms with Crippen LogP contribution in [-0.4, -0.2) is 55.8 Å². The summed E-state index contributed by atoms with van der Waals surface area (Å²) in [6.45, 7) is 2.49. The van der Waals surface area contributed by atoms with Gasteiger partial charge in [0, 0.05) is 37.6 Å². The highest BCUT2D eigenvalue weighted by molar-refractivity contribution is 7.89. The van der Waals surface area contributed by atoms with Crippen molar-refractivity contribution in [2.45, 2.75) is 49.5 Å². The summed E-state index contributed by atoms with van der Waals surface area (Å²) in [5, 5.41) is 0. The van der Waals surface area contributed by atoms with Crippen molar-refractivity contribution < 1.29 is 8.42 Å². The third-order valence-electron chi connectivity index (χ3n) is 6.53. The smallest absolute Gasteiger partial charge is 0.242 e. The molecule has 2 heterocycles. The third kappa shape index (κ3) is 4.55. The normalized spacial score (nSPS) is 19.4. The van der Waals surface area contributed by atoms with Crippen molar-refractivity contribution in [3.8, 4) is 11.1 Å². The molecule has 1 aliphatic carbocycles. The van der Waals surface area contributed by atoms with Gasteiger partial charge in [0.1, 0.15) is 0 Å². The Morgan fingerprint density at radius 2 is 1.62 bits per heavy atom. The van der Waals surface area contributed by atoms with Gasteiger partial charge < -0.3 is 4.90 Å². The van der Waals surface area contributed by atoms with Crippen LogP contribution in [0.3, 0.4) is 0 Å². The van der Waals surface area contributed by atoms with E-state index < -0.39 is 10.0 Å². The highest BCUT2D eigenvalue weighted by Crippen LogP contribution is 2.30. The molecule has 1 aromatic heterocycles. The fourth-order valence-corrected chi connectivity index (χ4v) is 5.22. The van der Waals surface area contributed by atoms with E-state index in [2.05, 4.69) is 22.0 Å². The molecule has 0 N–H and O–H groups in total. The summed E-state index contributed by atoms with van der Waals surface area (Å²) in [5.41, 5.74) is 3.15. The van der Waals surface area contributed by atoms with Crippen molar-refractivity contribution in [1.82, 2.24) is 14.2 Å². The first-order valence-electron chi connectivity index (χ1n) is 10.7. The molecule has 5 nitrogen and oxygen atoms in total. The van der Waals surface area contributed by atoms with Gasteiger partial charge in [-0.2, -0.15) is 0 Å². The number of sulfonamides is 1. The summed E-state index contributed by atoms with van der Waals surface area (Å²) >= 11 is 0. The number of hydrogen-bond acceptors (Lipinski definition) is 4. The second-order valence-corrected chi connectivity index (χ2v) is 10.8. The van der Waals surface area contributed by atoms with Gasteiger partial charge in [-0.3, -0.25) is 4.98 Å². The Labute approximate surface area is 174 Å². The van der Waals surface area contributed by atoms with Crippen LogP contribution >= 0.6 is 0 Å². The number of aromatic nitrogens is 1. The fraction of sp³-hybridized carbons (Fsp3) is 0.522. The molecule has 2 aromatic rings. The van der Waals surface area contributed by atoms with Gasteiger partial charge in [0.25, 0.3) is 0 Å². The standard InChI is InChI=1S/C23H31N3O2S/c1-25(2)29(27,28)23-10-7-19(8-11-23)20-6-9-21(24-17-20)16-18-12-14-26(15-13-18)22-4-3-5-22/h6-11,17-18,22H,3-5,12-16H2,1-2H3. The van der Waals surface area contributed by atoms with E-state index in [1.165, 1.54) is 49.5 Å². The topological polar surface area (TPSA) is 53.5 Å². The van der Waals surface area contributed by atoms with Crippen molar-refractivity contribution in [2.24, 2.45) is 5.92 Å². The summed E-state index contributed by atoms with van der Waals surface area (Å²) in [7, 11) is -0.303. The zero-order valence-electron chi connectivity index (χ0n) is 17.4. The maximum absolute atomic E-state index is 12.2. The Morgan fingerprint density at radius 1 is 0.966 bits per heavy atom. The van der Waals surface area contributed by atoms with E-state index in [1.807, 2.05) is 18.3 Å². The Morgan fingerprint density at radius 3 is 2.14 bits per heavy atom. The molecule has 1 aliphatic heterocycles. The van der Waals surface area contributed by atoms with Gasteiger partial charge in [-0.15, -0.1) is 0 Å². The van der Waals surface area contributed by atoms with Crippen LogP contribution in [0.1, 0.15) is 37.8 Å². The molecule has 1 saturated carbocycles. The molecule has 0 atom stereocenters. The van der Waals surface area contributed by atoms with Gasteiger partial charge in [-0.1, -0.05) is 24.6 Å².